The van der Waals surface area contributed by atoms with Crippen LogP contribution in [0.15, 0.2) is 23.1 Å². The van der Waals surface area contributed by atoms with Crippen molar-refractivity contribution in [2.75, 3.05) is 6.54 Å². The average molecular weight is 330 g/mol. The highest BCUT2D eigenvalue weighted by atomic mass is 35.5. The van der Waals surface area contributed by atoms with Crippen LogP contribution >= 0.6 is 11.6 Å². The first-order valence-electron chi connectivity index (χ1n) is 7.38. The van der Waals surface area contributed by atoms with Crippen LogP contribution in [0, 0.1) is 17.8 Å². The second-order valence-corrected chi connectivity index (χ2v) is 8.37. The van der Waals surface area contributed by atoms with Gasteiger partial charge in [0.15, 0.2) is 0 Å². The Morgan fingerprint density at radius 3 is 2.67 bits per heavy atom. The SMILES string of the molecule is O=S(=O)(NCC1CC2CCC1C2)c1ccc(CO)c(Cl)c1. The Morgan fingerprint density at radius 2 is 2.10 bits per heavy atom. The van der Waals surface area contributed by atoms with Crippen LogP contribution in [0.25, 0.3) is 0 Å². The Morgan fingerprint density at radius 1 is 1.29 bits per heavy atom. The summed E-state index contributed by atoms with van der Waals surface area (Å²) >= 11 is 5.96. The first-order valence-corrected chi connectivity index (χ1v) is 9.24. The molecule has 4 nitrogen and oxygen atoms in total. The second kappa shape index (κ2) is 5.88. The molecule has 0 heterocycles. The molecule has 0 aromatic heterocycles. The van der Waals surface area contributed by atoms with Crippen LogP contribution in [0.4, 0.5) is 0 Å². The lowest BCUT2D eigenvalue weighted by molar-refractivity contribution is 0.282. The first-order chi connectivity index (χ1) is 9.99. The molecule has 2 aliphatic rings. The monoisotopic (exact) mass is 329 g/mol. The Balaban J connectivity index is 1.67. The summed E-state index contributed by atoms with van der Waals surface area (Å²) in [6.07, 6.45) is 4.97. The average Bonchev–Trinajstić information content (AvgIpc) is 3.07. The molecule has 6 heteroatoms. The predicted molar refractivity (Wildman–Crippen MR) is 81.5 cm³/mol. The maximum atomic E-state index is 12.3. The predicted octanol–water partition coefficient (Wildman–Crippen LogP) is 2.55. The van der Waals surface area contributed by atoms with Gasteiger partial charge < -0.3 is 5.11 Å². The molecule has 2 aliphatic carbocycles. The highest BCUT2D eigenvalue weighted by Gasteiger charge is 2.39. The highest BCUT2D eigenvalue weighted by Crippen LogP contribution is 2.48. The third-order valence-electron chi connectivity index (χ3n) is 4.93. The lowest BCUT2D eigenvalue weighted by atomic mass is 9.89. The van der Waals surface area contributed by atoms with Gasteiger partial charge in [-0.3, -0.25) is 0 Å². The van der Waals surface area contributed by atoms with E-state index in [-0.39, 0.29) is 16.5 Å². The Kier molecular flexibility index (Phi) is 4.28. The molecule has 3 rings (SSSR count). The van der Waals surface area contributed by atoms with Crippen molar-refractivity contribution in [1.29, 1.82) is 0 Å². The van der Waals surface area contributed by atoms with E-state index in [2.05, 4.69) is 4.72 Å². The van der Waals surface area contributed by atoms with E-state index in [0.717, 1.165) is 12.3 Å². The maximum absolute atomic E-state index is 12.3. The van der Waals surface area contributed by atoms with E-state index in [9.17, 15) is 8.42 Å². The number of benzene rings is 1. The number of hydrogen-bond donors (Lipinski definition) is 2. The first kappa shape index (κ1) is 15.3. The van der Waals surface area contributed by atoms with Gasteiger partial charge in [-0.25, -0.2) is 13.1 Å². The third-order valence-corrected chi connectivity index (χ3v) is 6.70. The van der Waals surface area contributed by atoms with Crippen molar-refractivity contribution >= 4 is 21.6 Å². The molecule has 2 N–H and O–H groups in total. The zero-order valence-electron chi connectivity index (χ0n) is 11.8. The molecule has 2 fully saturated rings. The number of aliphatic hydroxyl groups is 1. The van der Waals surface area contributed by atoms with E-state index in [1.807, 2.05) is 0 Å². The quantitative estimate of drug-likeness (QED) is 0.872. The molecule has 0 spiro atoms. The Hall–Kier alpha value is -0.620. The summed E-state index contributed by atoms with van der Waals surface area (Å²) in [5, 5.41) is 9.35. The minimum absolute atomic E-state index is 0.160. The normalized spacial score (nSPS) is 28.2. The van der Waals surface area contributed by atoms with Crippen LogP contribution < -0.4 is 4.72 Å². The fraction of sp³-hybridized carbons (Fsp3) is 0.600. The van der Waals surface area contributed by atoms with E-state index in [1.54, 1.807) is 6.07 Å². The summed E-state index contributed by atoms with van der Waals surface area (Å²) in [5.41, 5.74) is 0.531. The van der Waals surface area contributed by atoms with Gasteiger partial charge in [0.2, 0.25) is 10.0 Å². The number of aliphatic hydroxyl groups excluding tert-OH is 1. The molecule has 0 amide bonds. The van der Waals surface area contributed by atoms with Gasteiger partial charge in [-0.2, -0.15) is 0 Å². The standard InChI is InChI=1S/C15H20ClNO3S/c16-15-7-14(4-3-12(15)9-18)21(19,20)17-8-13-6-10-1-2-11(13)5-10/h3-4,7,10-11,13,17-18H,1-2,5-6,8-9H2. The van der Waals surface area contributed by atoms with Crippen LogP contribution in [0.5, 0.6) is 0 Å². The van der Waals surface area contributed by atoms with E-state index in [0.29, 0.717) is 23.9 Å². The molecule has 21 heavy (non-hydrogen) atoms. The summed E-state index contributed by atoms with van der Waals surface area (Å²) in [6, 6.07) is 4.44. The summed E-state index contributed by atoms with van der Waals surface area (Å²) in [6.45, 7) is 0.320. The molecule has 3 unspecified atom stereocenters. The second-order valence-electron chi connectivity index (χ2n) is 6.20. The van der Waals surface area contributed by atoms with Crippen molar-refractivity contribution in [3.8, 4) is 0 Å². The van der Waals surface area contributed by atoms with Gasteiger partial charge in [-0.15, -0.1) is 0 Å². The van der Waals surface area contributed by atoms with Gasteiger partial charge in [0, 0.05) is 11.6 Å². The fourth-order valence-corrected chi connectivity index (χ4v) is 5.18. The molecule has 0 aliphatic heterocycles. The number of hydrogen-bond acceptors (Lipinski definition) is 3. The third kappa shape index (κ3) is 3.11. The van der Waals surface area contributed by atoms with Gasteiger partial charge in [-0.1, -0.05) is 24.1 Å². The lowest BCUT2D eigenvalue weighted by Crippen LogP contribution is -2.31. The van der Waals surface area contributed by atoms with Crippen LogP contribution in [0.2, 0.25) is 5.02 Å². The largest absolute Gasteiger partial charge is 0.392 e. The van der Waals surface area contributed by atoms with E-state index < -0.39 is 10.0 Å². The lowest BCUT2D eigenvalue weighted by Gasteiger charge is -2.21. The fourth-order valence-electron chi connectivity index (χ4n) is 3.75. The van der Waals surface area contributed by atoms with E-state index >= 15 is 0 Å². The van der Waals surface area contributed by atoms with Crippen molar-refractivity contribution < 1.29 is 13.5 Å². The molecule has 116 valence electrons. The van der Waals surface area contributed by atoms with Crippen LogP contribution in [0.1, 0.15) is 31.2 Å². The number of nitrogens with one attached hydrogen (secondary N) is 1. The topological polar surface area (TPSA) is 66.4 Å². The van der Waals surface area contributed by atoms with Gasteiger partial charge >= 0.3 is 0 Å². The molecule has 0 saturated heterocycles. The summed E-state index contributed by atoms with van der Waals surface area (Å²) in [5.74, 6) is 1.98. The molecular weight excluding hydrogens is 310 g/mol. The van der Waals surface area contributed by atoms with Crippen LogP contribution in [-0.2, 0) is 16.6 Å². The maximum Gasteiger partial charge on any atom is 0.240 e. The Labute approximate surface area is 130 Å². The highest BCUT2D eigenvalue weighted by molar-refractivity contribution is 7.89. The van der Waals surface area contributed by atoms with Crippen LogP contribution in [0.3, 0.4) is 0 Å². The molecule has 1 aromatic rings. The Bertz CT molecular complexity index is 632. The van der Waals surface area contributed by atoms with Gasteiger partial charge in [-0.05, 0) is 54.7 Å². The van der Waals surface area contributed by atoms with Crippen molar-refractivity contribution in [3.63, 3.8) is 0 Å². The molecule has 2 bridgehead atoms. The summed E-state index contributed by atoms with van der Waals surface area (Å²) < 4.78 is 27.3. The summed E-state index contributed by atoms with van der Waals surface area (Å²) in [4.78, 5) is 0.160. The minimum atomic E-state index is -3.53. The van der Waals surface area contributed by atoms with Gasteiger partial charge in [0.1, 0.15) is 0 Å². The molecular formula is C15H20ClNO3S. The van der Waals surface area contributed by atoms with Crippen molar-refractivity contribution in [2.24, 2.45) is 17.8 Å². The van der Waals surface area contributed by atoms with Crippen LogP contribution in [-0.4, -0.2) is 20.1 Å². The van der Waals surface area contributed by atoms with Gasteiger partial charge in [0.05, 0.1) is 11.5 Å². The zero-order chi connectivity index (χ0) is 15.0. The molecule has 0 radical (unpaired) electrons. The van der Waals surface area contributed by atoms with Gasteiger partial charge in [0.25, 0.3) is 0 Å². The number of sulfonamides is 1. The number of fused-ring (bicyclic) bond motifs is 2. The molecule has 1 aromatic carbocycles. The molecule has 2 saturated carbocycles. The summed E-state index contributed by atoms with van der Waals surface area (Å²) in [7, 11) is -3.53. The molecule has 3 atom stereocenters. The number of halogens is 1. The minimum Gasteiger partial charge on any atom is -0.392 e. The van der Waals surface area contributed by atoms with E-state index in [1.165, 1.54) is 31.4 Å². The smallest absolute Gasteiger partial charge is 0.240 e. The van der Waals surface area contributed by atoms with Crippen molar-refractivity contribution in [2.45, 2.75) is 37.2 Å². The van der Waals surface area contributed by atoms with Crippen molar-refractivity contribution in [1.82, 2.24) is 4.72 Å². The van der Waals surface area contributed by atoms with Crippen molar-refractivity contribution in [3.05, 3.63) is 28.8 Å². The van der Waals surface area contributed by atoms with E-state index in [4.69, 9.17) is 16.7 Å². The zero-order valence-corrected chi connectivity index (χ0v) is 13.3. The number of rotatable bonds is 5.